The van der Waals surface area contributed by atoms with Gasteiger partial charge in [-0.1, -0.05) is 19.9 Å². The summed E-state index contributed by atoms with van der Waals surface area (Å²) in [5.41, 5.74) is 1.20. The molecule has 1 saturated heterocycles. The number of aliphatic hydroxyl groups excluding tert-OH is 1. The molecule has 1 rings (SSSR count). The third-order valence-corrected chi connectivity index (χ3v) is 2.40. The fourth-order valence-corrected chi connectivity index (χ4v) is 1.61. The van der Waals surface area contributed by atoms with Crippen molar-refractivity contribution in [2.45, 2.75) is 19.8 Å². The van der Waals surface area contributed by atoms with E-state index in [2.05, 4.69) is 18.4 Å². The van der Waals surface area contributed by atoms with Crippen molar-refractivity contribution >= 4 is 0 Å². The Morgan fingerprint density at radius 1 is 1.73 bits per heavy atom. The Balaban J connectivity index is 2.38. The van der Waals surface area contributed by atoms with Crippen LogP contribution < -0.4 is 0 Å². The average Bonchev–Trinajstić information content (AvgIpc) is 2.33. The van der Waals surface area contributed by atoms with Crippen molar-refractivity contribution in [2.75, 3.05) is 19.7 Å². The van der Waals surface area contributed by atoms with E-state index in [1.165, 1.54) is 12.1 Å². The number of β-amino-alcohol motifs (C(OH)–C–C–N with tert-alkyl or cyclic N) is 1. The van der Waals surface area contributed by atoms with Crippen molar-refractivity contribution in [3.8, 4) is 0 Å². The van der Waals surface area contributed by atoms with Crippen molar-refractivity contribution in [3.05, 3.63) is 12.3 Å². The highest BCUT2D eigenvalue weighted by Crippen LogP contribution is 2.26. The van der Waals surface area contributed by atoms with Crippen LogP contribution in [0.3, 0.4) is 0 Å². The first-order valence-electron chi connectivity index (χ1n) is 4.31. The van der Waals surface area contributed by atoms with Gasteiger partial charge in [-0.15, -0.1) is 0 Å². The van der Waals surface area contributed by atoms with E-state index in [4.69, 9.17) is 5.11 Å². The van der Waals surface area contributed by atoms with Crippen LogP contribution in [0.4, 0.5) is 0 Å². The van der Waals surface area contributed by atoms with Crippen LogP contribution in [0.2, 0.25) is 0 Å². The van der Waals surface area contributed by atoms with Gasteiger partial charge in [0.25, 0.3) is 0 Å². The van der Waals surface area contributed by atoms with E-state index in [1.807, 2.05) is 0 Å². The van der Waals surface area contributed by atoms with Crippen molar-refractivity contribution in [1.82, 2.24) is 4.90 Å². The molecule has 0 aromatic carbocycles. The predicted octanol–water partition coefficient (Wildman–Crippen LogP) is 1.22. The molecular weight excluding hydrogens is 138 g/mol. The molecular formula is C9H17NO. The molecule has 1 heterocycles. The highest BCUT2D eigenvalue weighted by molar-refractivity contribution is 5.02. The Labute approximate surface area is 68.5 Å². The maximum Gasteiger partial charge on any atom is 0.0606 e. The standard InChI is InChI=1S/C9H17NO/c1-3-9-6-8(2)10(7-9)4-5-11/h9,11H,2-7H2,1H3. The average molecular weight is 155 g/mol. The number of likely N-dealkylation sites (tertiary alicyclic amines) is 1. The number of aliphatic hydroxyl groups is 1. The lowest BCUT2D eigenvalue weighted by molar-refractivity contribution is 0.234. The second-order valence-electron chi connectivity index (χ2n) is 3.21. The number of hydrogen-bond acceptors (Lipinski definition) is 2. The molecule has 0 aromatic rings. The molecule has 1 unspecified atom stereocenters. The van der Waals surface area contributed by atoms with Gasteiger partial charge in [0.05, 0.1) is 6.61 Å². The van der Waals surface area contributed by atoms with E-state index in [1.54, 1.807) is 0 Å². The summed E-state index contributed by atoms with van der Waals surface area (Å²) in [5.74, 6) is 0.772. The summed E-state index contributed by atoms with van der Waals surface area (Å²) in [5, 5.41) is 8.72. The number of allylic oxidation sites excluding steroid dienone is 1. The third kappa shape index (κ3) is 1.96. The molecule has 0 saturated carbocycles. The van der Waals surface area contributed by atoms with Crippen LogP contribution in [0.5, 0.6) is 0 Å². The van der Waals surface area contributed by atoms with E-state index in [0.29, 0.717) is 0 Å². The SMILES string of the molecule is C=C1CC(CC)CN1CCO. The number of nitrogens with zero attached hydrogens (tertiary/aromatic N) is 1. The Hall–Kier alpha value is -0.500. The first-order valence-corrected chi connectivity index (χ1v) is 4.31. The smallest absolute Gasteiger partial charge is 0.0606 e. The van der Waals surface area contributed by atoms with Gasteiger partial charge in [0.1, 0.15) is 0 Å². The molecule has 2 nitrogen and oxygen atoms in total. The van der Waals surface area contributed by atoms with Gasteiger partial charge in [-0.05, 0) is 12.3 Å². The lowest BCUT2D eigenvalue weighted by Gasteiger charge is -2.17. The van der Waals surface area contributed by atoms with Crippen LogP contribution in [-0.2, 0) is 0 Å². The minimum Gasteiger partial charge on any atom is -0.395 e. The highest BCUT2D eigenvalue weighted by Gasteiger charge is 2.22. The molecule has 0 aliphatic carbocycles. The third-order valence-electron chi connectivity index (χ3n) is 2.40. The van der Waals surface area contributed by atoms with Gasteiger partial charge < -0.3 is 10.0 Å². The summed E-state index contributed by atoms with van der Waals surface area (Å²) in [7, 11) is 0. The molecule has 0 spiro atoms. The molecule has 1 aliphatic rings. The van der Waals surface area contributed by atoms with E-state index >= 15 is 0 Å². The Kier molecular flexibility index (Phi) is 2.94. The molecule has 0 bridgehead atoms. The quantitative estimate of drug-likeness (QED) is 0.662. The van der Waals surface area contributed by atoms with Crippen molar-refractivity contribution < 1.29 is 5.11 Å². The molecule has 2 heteroatoms. The summed E-state index contributed by atoms with van der Waals surface area (Å²) < 4.78 is 0. The minimum atomic E-state index is 0.245. The normalized spacial score (nSPS) is 24.7. The van der Waals surface area contributed by atoms with E-state index in [-0.39, 0.29) is 6.61 Å². The van der Waals surface area contributed by atoms with E-state index < -0.39 is 0 Å². The Morgan fingerprint density at radius 3 is 2.91 bits per heavy atom. The summed E-state index contributed by atoms with van der Waals surface area (Å²) in [4.78, 5) is 2.19. The van der Waals surface area contributed by atoms with Gasteiger partial charge in [-0.2, -0.15) is 0 Å². The highest BCUT2D eigenvalue weighted by atomic mass is 16.3. The Bertz CT molecular complexity index is 144. The summed E-state index contributed by atoms with van der Waals surface area (Å²) in [6, 6.07) is 0. The number of rotatable bonds is 3. The lowest BCUT2D eigenvalue weighted by atomic mass is 10.1. The Morgan fingerprint density at radius 2 is 2.45 bits per heavy atom. The van der Waals surface area contributed by atoms with Crippen molar-refractivity contribution in [2.24, 2.45) is 5.92 Å². The predicted molar refractivity (Wildman–Crippen MR) is 46.2 cm³/mol. The van der Waals surface area contributed by atoms with Crippen LogP contribution in [-0.4, -0.2) is 29.7 Å². The molecule has 0 amide bonds. The van der Waals surface area contributed by atoms with Crippen molar-refractivity contribution in [1.29, 1.82) is 0 Å². The van der Waals surface area contributed by atoms with Crippen LogP contribution in [0, 0.1) is 5.92 Å². The molecule has 0 aromatic heterocycles. The maximum atomic E-state index is 8.72. The molecule has 0 radical (unpaired) electrons. The zero-order valence-electron chi connectivity index (χ0n) is 7.21. The monoisotopic (exact) mass is 155 g/mol. The van der Waals surface area contributed by atoms with Gasteiger partial charge in [0, 0.05) is 18.8 Å². The van der Waals surface area contributed by atoms with E-state index in [9.17, 15) is 0 Å². The first-order chi connectivity index (χ1) is 5.27. The molecule has 11 heavy (non-hydrogen) atoms. The molecule has 1 N–H and O–H groups in total. The van der Waals surface area contributed by atoms with Gasteiger partial charge in [0.15, 0.2) is 0 Å². The van der Waals surface area contributed by atoms with Crippen LogP contribution in [0.15, 0.2) is 12.3 Å². The zero-order valence-corrected chi connectivity index (χ0v) is 7.21. The zero-order chi connectivity index (χ0) is 8.27. The second-order valence-corrected chi connectivity index (χ2v) is 3.21. The maximum absolute atomic E-state index is 8.72. The lowest BCUT2D eigenvalue weighted by Crippen LogP contribution is -2.22. The summed E-state index contributed by atoms with van der Waals surface area (Å²) in [6.45, 7) is 8.27. The van der Waals surface area contributed by atoms with E-state index in [0.717, 1.165) is 25.4 Å². The topological polar surface area (TPSA) is 23.5 Å². The first kappa shape index (κ1) is 8.60. The largest absolute Gasteiger partial charge is 0.395 e. The summed E-state index contributed by atoms with van der Waals surface area (Å²) >= 11 is 0. The van der Waals surface area contributed by atoms with Gasteiger partial charge >= 0.3 is 0 Å². The van der Waals surface area contributed by atoms with Gasteiger partial charge in [-0.3, -0.25) is 0 Å². The fourth-order valence-electron chi connectivity index (χ4n) is 1.61. The molecule has 1 atom stereocenters. The molecule has 1 aliphatic heterocycles. The van der Waals surface area contributed by atoms with Crippen molar-refractivity contribution in [3.63, 3.8) is 0 Å². The van der Waals surface area contributed by atoms with Gasteiger partial charge in [-0.25, -0.2) is 0 Å². The molecule has 64 valence electrons. The van der Waals surface area contributed by atoms with Gasteiger partial charge in [0.2, 0.25) is 0 Å². The van der Waals surface area contributed by atoms with Crippen LogP contribution in [0.1, 0.15) is 19.8 Å². The summed E-state index contributed by atoms with van der Waals surface area (Å²) in [6.07, 6.45) is 2.34. The van der Waals surface area contributed by atoms with Crippen LogP contribution >= 0.6 is 0 Å². The minimum absolute atomic E-state index is 0.245. The second kappa shape index (κ2) is 3.77. The van der Waals surface area contributed by atoms with Crippen LogP contribution in [0.25, 0.3) is 0 Å². The molecule has 1 fully saturated rings. The number of hydrogen-bond donors (Lipinski definition) is 1. The fraction of sp³-hybridized carbons (Fsp3) is 0.778.